The van der Waals surface area contributed by atoms with E-state index in [2.05, 4.69) is 4.98 Å². The van der Waals surface area contributed by atoms with E-state index in [4.69, 9.17) is 4.74 Å². The molecule has 0 atom stereocenters. The standard InChI is InChI=1S/C14H10F3NO2/c1-20-12-6-10(7-18-8-12)13(19)9-2-4-11(5-3-9)14(15,16)17/h2-8H,1H3. The van der Waals surface area contributed by atoms with Crippen molar-refractivity contribution in [1.29, 1.82) is 0 Å². The van der Waals surface area contributed by atoms with Crippen molar-refractivity contribution in [3.8, 4) is 5.75 Å². The fourth-order valence-electron chi connectivity index (χ4n) is 1.63. The van der Waals surface area contributed by atoms with Gasteiger partial charge in [-0.05, 0) is 18.2 Å². The molecule has 0 fully saturated rings. The number of pyridine rings is 1. The summed E-state index contributed by atoms with van der Waals surface area (Å²) in [6.07, 6.45) is -1.65. The van der Waals surface area contributed by atoms with E-state index in [1.807, 2.05) is 0 Å². The van der Waals surface area contributed by atoms with Crippen molar-refractivity contribution in [1.82, 2.24) is 4.98 Å². The first-order chi connectivity index (χ1) is 9.41. The Morgan fingerprint density at radius 2 is 1.75 bits per heavy atom. The number of ketones is 1. The van der Waals surface area contributed by atoms with Gasteiger partial charge in [-0.25, -0.2) is 0 Å². The van der Waals surface area contributed by atoms with Crippen LogP contribution in [-0.2, 0) is 6.18 Å². The summed E-state index contributed by atoms with van der Waals surface area (Å²) in [6.45, 7) is 0. The highest BCUT2D eigenvalue weighted by Gasteiger charge is 2.30. The molecule has 1 aromatic carbocycles. The summed E-state index contributed by atoms with van der Waals surface area (Å²) in [5.74, 6) is -0.00659. The van der Waals surface area contributed by atoms with Crippen LogP contribution in [0.2, 0.25) is 0 Å². The topological polar surface area (TPSA) is 39.2 Å². The van der Waals surface area contributed by atoms with Gasteiger partial charge >= 0.3 is 6.18 Å². The molecule has 20 heavy (non-hydrogen) atoms. The molecule has 0 aliphatic rings. The second-order valence-electron chi connectivity index (χ2n) is 4.02. The number of carbonyl (C=O) groups excluding carboxylic acids is 1. The monoisotopic (exact) mass is 281 g/mol. The van der Waals surface area contributed by atoms with Crippen LogP contribution in [0, 0.1) is 0 Å². The number of carbonyl (C=O) groups is 1. The number of aromatic nitrogens is 1. The quantitative estimate of drug-likeness (QED) is 0.810. The first kappa shape index (κ1) is 14.0. The molecule has 0 bridgehead atoms. The van der Waals surface area contributed by atoms with Gasteiger partial charge < -0.3 is 4.74 Å². The molecule has 0 aliphatic heterocycles. The van der Waals surface area contributed by atoms with Gasteiger partial charge in [0.1, 0.15) is 5.75 Å². The second-order valence-corrected chi connectivity index (χ2v) is 4.02. The maximum Gasteiger partial charge on any atom is 0.416 e. The Morgan fingerprint density at radius 1 is 1.10 bits per heavy atom. The summed E-state index contributed by atoms with van der Waals surface area (Å²) in [5.41, 5.74) is -0.380. The van der Waals surface area contributed by atoms with Gasteiger partial charge in [0.05, 0.1) is 18.9 Å². The van der Waals surface area contributed by atoms with Crippen LogP contribution < -0.4 is 4.74 Å². The summed E-state index contributed by atoms with van der Waals surface area (Å²) < 4.78 is 42.2. The molecule has 0 spiro atoms. The Morgan fingerprint density at radius 3 is 2.30 bits per heavy atom. The average Bonchev–Trinajstić information content (AvgIpc) is 2.46. The third-order valence-corrected chi connectivity index (χ3v) is 2.69. The SMILES string of the molecule is COc1cncc(C(=O)c2ccc(C(F)(F)F)cc2)c1. The lowest BCUT2D eigenvalue weighted by Gasteiger charge is -2.07. The van der Waals surface area contributed by atoms with Crippen molar-refractivity contribution in [3.63, 3.8) is 0 Å². The normalized spacial score (nSPS) is 11.2. The second kappa shape index (κ2) is 5.32. The minimum atomic E-state index is -4.42. The van der Waals surface area contributed by atoms with Crippen LogP contribution in [-0.4, -0.2) is 17.9 Å². The van der Waals surface area contributed by atoms with E-state index < -0.39 is 17.5 Å². The number of hydrogen-bond donors (Lipinski definition) is 0. The van der Waals surface area contributed by atoms with Crippen LogP contribution in [0.25, 0.3) is 0 Å². The number of nitrogens with zero attached hydrogens (tertiary/aromatic N) is 1. The number of methoxy groups -OCH3 is 1. The largest absolute Gasteiger partial charge is 0.495 e. The van der Waals surface area contributed by atoms with Crippen molar-refractivity contribution in [3.05, 3.63) is 59.4 Å². The first-order valence-corrected chi connectivity index (χ1v) is 5.63. The van der Waals surface area contributed by atoms with Crippen molar-refractivity contribution in [2.45, 2.75) is 6.18 Å². The summed E-state index contributed by atoms with van der Waals surface area (Å²) in [7, 11) is 1.43. The third kappa shape index (κ3) is 2.96. The van der Waals surface area contributed by atoms with Crippen molar-refractivity contribution in [2.75, 3.05) is 7.11 Å². The summed E-state index contributed by atoms with van der Waals surface area (Å²) >= 11 is 0. The van der Waals surface area contributed by atoms with Crippen molar-refractivity contribution >= 4 is 5.78 Å². The molecular weight excluding hydrogens is 271 g/mol. The molecule has 0 aliphatic carbocycles. The zero-order valence-corrected chi connectivity index (χ0v) is 10.4. The van der Waals surface area contributed by atoms with Gasteiger partial charge in [-0.3, -0.25) is 9.78 Å². The molecule has 104 valence electrons. The fourth-order valence-corrected chi connectivity index (χ4v) is 1.63. The molecule has 0 amide bonds. The number of benzene rings is 1. The maximum atomic E-state index is 12.4. The lowest BCUT2D eigenvalue weighted by molar-refractivity contribution is -0.137. The number of alkyl halides is 3. The van der Waals surface area contributed by atoms with E-state index in [1.54, 1.807) is 0 Å². The molecule has 2 rings (SSSR count). The minimum absolute atomic E-state index is 0.160. The smallest absolute Gasteiger partial charge is 0.416 e. The van der Waals surface area contributed by atoms with Crippen LogP contribution in [0.5, 0.6) is 5.75 Å². The Hall–Kier alpha value is -2.37. The van der Waals surface area contributed by atoms with Crippen LogP contribution in [0.15, 0.2) is 42.7 Å². The van der Waals surface area contributed by atoms with Gasteiger partial charge in [-0.1, -0.05) is 12.1 Å². The lowest BCUT2D eigenvalue weighted by atomic mass is 10.0. The van der Waals surface area contributed by atoms with Crippen LogP contribution in [0.4, 0.5) is 13.2 Å². The predicted molar refractivity (Wildman–Crippen MR) is 65.7 cm³/mol. The number of hydrogen-bond acceptors (Lipinski definition) is 3. The highest BCUT2D eigenvalue weighted by molar-refractivity contribution is 6.09. The molecule has 1 aromatic heterocycles. The molecule has 2 aromatic rings. The highest BCUT2D eigenvalue weighted by atomic mass is 19.4. The van der Waals surface area contributed by atoms with E-state index in [1.165, 1.54) is 25.6 Å². The van der Waals surface area contributed by atoms with E-state index in [0.29, 0.717) is 5.75 Å². The van der Waals surface area contributed by atoms with E-state index in [-0.39, 0.29) is 11.1 Å². The Kier molecular flexibility index (Phi) is 3.74. The summed E-state index contributed by atoms with van der Waals surface area (Å²) in [4.78, 5) is 15.9. The fraction of sp³-hybridized carbons (Fsp3) is 0.143. The van der Waals surface area contributed by atoms with E-state index in [0.717, 1.165) is 24.3 Å². The zero-order chi connectivity index (χ0) is 14.8. The minimum Gasteiger partial charge on any atom is -0.495 e. The number of ether oxygens (including phenoxy) is 1. The van der Waals surface area contributed by atoms with Gasteiger partial charge in [-0.15, -0.1) is 0 Å². The molecule has 0 saturated carbocycles. The molecule has 0 radical (unpaired) electrons. The molecule has 0 N–H and O–H groups in total. The Balaban J connectivity index is 2.29. The van der Waals surface area contributed by atoms with Crippen LogP contribution in [0.1, 0.15) is 21.5 Å². The molecular formula is C14H10F3NO2. The van der Waals surface area contributed by atoms with Gasteiger partial charge in [0, 0.05) is 17.3 Å². The van der Waals surface area contributed by atoms with Crippen LogP contribution >= 0.6 is 0 Å². The van der Waals surface area contributed by atoms with Crippen molar-refractivity contribution in [2.24, 2.45) is 0 Å². The highest BCUT2D eigenvalue weighted by Crippen LogP contribution is 2.29. The number of halogens is 3. The van der Waals surface area contributed by atoms with Gasteiger partial charge in [0.25, 0.3) is 0 Å². The van der Waals surface area contributed by atoms with Crippen LogP contribution in [0.3, 0.4) is 0 Å². The average molecular weight is 281 g/mol. The van der Waals surface area contributed by atoms with Gasteiger partial charge in [0.2, 0.25) is 0 Å². The van der Waals surface area contributed by atoms with E-state index in [9.17, 15) is 18.0 Å². The molecule has 0 unspecified atom stereocenters. The van der Waals surface area contributed by atoms with E-state index >= 15 is 0 Å². The zero-order valence-electron chi connectivity index (χ0n) is 10.4. The third-order valence-electron chi connectivity index (χ3n) is 2.69. The first-order valence-electron chi connectivity index (χ1n) is 5.63. The van der Waals surface area contributed by atoms with Gasteiger partial charge in [-0.2, -0.15) is 13.2 Å². The summed E-state index contributed by atoms with van der Waals surface area (Å²) in [5, 5.41) is 0. The van der Waals surface area contributed by atoms with Gasteiger partial charge in [0.15, 0.2) is 5.78 Å². The maximum absolute atomic E-state index is 12.4. The Labute approximate surface area is 113 Å². The predicted octanol–water partition coefficient (Wildman–Crippen LogP) is 3.34. The lowest BCUT2D eigenvalue weighted by Crippen LogP contribution is -2.07. The molecule has 1 heterocycles. The molecule has 0 saturated heterocycles. The van der Waals surface area contributed by atoms with Crippen molar-refractivity contribution < 1.29 is 22.7 Å². The summed E-state index contributed by atoms with van der Waals surface area (Å²) in [6, 6.07) is 5.52. The number of rotatable bonds is 3. The molecule has 6 heteroatoms. The molecule has 3 nitrogen and oxygen atoms in total. The Bertz CT molecular complexity index is 621.